The molecule has 0 rings (SSSR count). The van der Waals surface area contributed by atoms with Crippen molar-refractivity contribution in [2.75, 3.05) is 17.8 Å². The molecule has 0 saturated carbocycles. The zero-order valence-corrected chi connectivity index (χ0v) is 12.2. The SMILES string of the molecule is CC(C)CC(NS(=O)(=O)CCS(C)(=O)=O)C(=O)O. The summed E-state index contributed by atoms with van der Waals surface area (Å²) in [6, 6.07) is -1.23. The van der Waals surface area contributed by atoms with E-state index in [4.69, 9.17) is 5.11 Å². The number of hydrogen-bond donors (Lipinski definition) is 2. The van der Waals surface area contributed by atoms with E-state index in [1.165, 1.54) is 0 Å². The Kier molecular flexibility index (Phi) is 6.24. The van der Waals surface area contributed by atoms with Gasteiger partial charge in [-0.25, -0.2) is 21.6 Å². The summed E-state index contributed by atoms with van der Waals surface area (Å²) in [5, 5.41) is 8.87. The molecule has 0 saturated heterocycles. The summed E-state index contributed by atoms with van der Waals surface area (Å²) in [5.41, 5.74) is 0. The lowest BCUT2D eigenvalue weighted by Gasteiger charge is -2.16. The highest BCUT2D eigenvalue weighted by atomic mass is 32.2. The fourth-order valence-corrected chi connectivity index (χ4v) is 4.04. The highest BCUT2D eigenvalue weighted by Crippen LogP contribution is 2.06. The average molecular weight is 301 g/mol. The quantitative estimate of drug-likeness (QED) is 0.621. The van der Waals surface area contributed by atoms with Crippen LogP contribution < -0.4 is 4.72 Å². The van der Waals surface area contributed by atoms with Crippen molar-refractivity contribution in [2.45, 2.75) is 26.3 Å². The van der Waals surface area contributed by atoms with Gasteiger partial charge in [0.2, 0.25) is 10.0 Å². The minimum Gasteiger partial charge on any atom is -0.480 e. The van der Waals surface area contributed by atoms with Crippen LogP contribution in [0.3, 0.4) is 0 Å². The van der Waals surface area contributed by atoms with Crippen molar-refractivity contribution in [1.29, 1.82) is 0 Å². The van der Waals surface area contributed by atoms with Crippen LogP contribution in [-0.4, -0.2) is 51.7 Å². The summed E-state index contributed by atoms with van der Waals surface area (Å²) in [6.07, 6.45) is 1.07. The smallest absolute Gasteiger partial charge is 0.321 e. The first-order chi connectivity index (χ1) is 7.93. The molecule has 18 heavy (non-hydrogen) atoms. The third-order valence-electron chi connectivity index (χ3n) is 2.05. The normalized spacial score (nSPS) is 14.7. The minimum atomic E-state index is -3.91. The van der Waals surface area contributed by atoms with Gasteiger partial charge < -0.3 is 5.11 Å². The molecule has 108 valence electrons. The molecule has 0 bridgehead atoms. The van der Waals surface area contributed by atoms with E-state index in [1.807, 2.05) is 4.72 Å². The van der Waals surface area contributed by atoms with Crippen LogP contribution in [0.4, 0.5) is 0 Å². The molecule has 0 aromatic carbocycles. The Bertz CT molecular complexity index is 479. The van der Waals surface area contributed by atoms with Crippen LogP contribution in [0.1, 0.15) is 20.3 Å². The van der Waals surface area contributed by atoms with Gasteiger partial charge in [-0.15, -0.1) is 0 Å². The fraction of sp³-hybridized carbons (Fsp3) is 0.889. The molecule has 1 atom stereocenters. The lowest BCUT2D eigenvalue weighted by Crippen LogP contribution is -2.43. The summed E-state index contributed by atoms with van der Waals surface area (Å²) in [4.78, 5) is 10.9. The zero-order chi connectivity index (χ0) is 14.6. The summed E-state index contributed by atoms with van der Waals surface area (Å²) in [6.45, 7) is 3.53. The first-order valence-electron chi connectivity index (χ1n) is 5.33. The van der Waals surface area contributed by atoms with Crippen LogP contribution in [0.25, 0.3) is 0 Å². The van der Waals surface area contributed by atoms with Gasteiger partial charge in [-0.1, -0.05) is 13.8 Å². The molecule has 7 nitrogen and oxygen atoms in total. The van der Waals surface area contributed by atoms with Gasteiger partial charge in [0.15, 0.2) is 0 Å². The molecule has 2 N–H and O–H groups in total. The summed E-state index contributed by atoms with van der Waals surface area (Å²) in [7, 11) is -7.32. The first kappa shape index (κ1) is 17.3. The molecule has 0 aliphatic rings. The molecule has 0 amide bonds. The summed E-state index contributed by atoms with van der Waals surface area (Å²) < 4.78 is 46.8. The minimum absolute atomic E-state index is 0.00343. The van der Waals surface area contributed by atoms with Gasteiger partial charge in [-0.2, -0.15) is 0 Å². The van der Waals surface area contributed by atoms with Crippen molar-refractivity contribution in [3.63, 3.8) is 0 Å². The monoisotopic (exact) mass is 301 g/mol. The second kappa shape index (κ2) is 6.48. The Labute approximate surface area is 108 Å². The molecule has 0 heterocycles. The van der Waals surface area contributed by atoms with Crippen LogP contribution in [0, 0.1) is 5.92 Å². The van der Waals surface area contributed by atoms with Gasteiger partial charge in [0.05, 0.1) is 11.5 Å². The lowest BCUT2D eigenvalue weighted by atomic mass is 10.1. The summed E-state index contributed by atoms with van der Waals surface area (Å²) >= 11 is 0. The maximum Gasteiger partial charge on any atom is 0.321 e. The van der Waals surface area contributed by atoms with Crippen LogP contribution in [0.5, 0.6) is 0 Å². The number of rotatable bonds is 8. The zero-order valence-electron chi connectivity index (χ0n) is 10.6. The number of carboxylic acids is 1. The van der Waals surface area contributed by atoms with Gasteiger partial charge in [0.25, 0.3) is 0 Å². The van der Waals surface area contributed by atoms with E-state index < -0.39 is 43.4 Å². The highest BCUT2D eigenvalue weighted by Gasteiger charge is 2.25. The molecule has 9 heteroatoms. The topological polar surface area (TPSA) is 118 Å². The Hall–Kier alpha value is -0.670. The Morgan fingerprint density at radius 1 is 1.17 bits per heavy atom. The Morgan fingerprint density at radius 3 is 2.00 bits per heavy atom. The van der Waals surface area contributed by atoms with Crippen LogP contribution >= 0.6 is 0 Å². The van der Waals surface area contributed by atoms with E-state index in [9.17, 15) is 21.6 Å². The number of aliphatic carboxylic acids is 1. The van der Waals surface area contributed by atoms with Gasteiger partial charge in [-0.3, -0.25) is 4.79 Å². The molecule has 0 spiro atoms. The van der Waals surface area contributed by atoms with Gasteiger partial charge in [0.1, 0.15) is 15.9 Å². The van der Waals surface area contributed by atoms with E-state index in [0.29, 0.717) is 0 Å². The third kappa shape index (κ3) is 8.43. The molecule has 0 radical (unpaired) electrons. The van der Waals surface area contributed by atoms with E-state index in [1.54, 1.807) is 13.8 Å². The average Bonchev–Trinajstić information content (AvgIpc) is 2.11. The number of nitrogens with one attached hydrogen (secondary N) is 1. The number of carboxylic acid groups (broad SMARTS) is 1. The number of sulfonamides is 1. The van der Waals surface area contributed by atoms with Crippen molar-refractivity contribution in [3.8, 4) is 0 Å². The molecule has 0 aliphatic carbocycles. The maximum atomic E-state index is 11.5. The van der Waals surface area contributed by atoms with Crippen molar-refractivity contribution in [3.05, 3.63) is 0 Å². The molecule has 1 unspecified atom stereocenters. The second-order valence-corrected chi connectivity index (χ2v) is 8.72. The van der Waals surface area contributed by atoms with E-state index in [0.717, 1.165) is 6.26 Å². The van der Waals surface area contributed by atoms with Crippen molar-refractivity contribution >= 4 is 25.8 Å². The van der Waals surface area contributed by atoms with Crippen molar-refractivity contribution < 1.29 is 26.7 Å². The van der Waals surface area contributed by atoms with Crippen molar-refractivity contribution in [1.82, 2.24) is 4.72 Å². The third-order valence-corrected chi connectivity index (χ3v) is 4.64. The maximum absolute atomic E-state index is 11.5. The predicted molar refractivity (Wildman–Crippen MR) is 67.5 cm³/mol. The standard InChI is InChI=1S/C9H19NO6S2/c1-7(2)6-8(9(11)12)10-18(15,16)5-4-17(3,13)14/h7-8,10H,4-6H2,1-3H3,(H,11,12). The number of hydrogen-bond acceptors (Lipinski definition) is 5. The van der Waals surface area contributed by atoms with Crippen LogP contribution in [0.2, 0.25) is 0 Å². The van der Waals surface area contributed by atoms with Crippen molar-refractivity contribution in [2.24, 2.45) is 5.92 Å². The molecular formula is C9H19NO6S2. The number of sulfone groups is 1. The largest absolute Gasteiger partial charge is 0.480 e. The predicted octanol–water partition coefficient (Wildman–Crippen LogP) is -0.550. The number of carbonyl (C=O) groups is 1. The molecule has 0 aliphatic heterocycles. The molecular weight excluding hydrogens is 282 g/mol. The van der Waals surface area contributed by atoms with Crippen LogP contribution in [0.15, 0.2) is 0 Å². The fourth-order valence-electron chi connectivity index (χ4n) is 1.21. The van der Waals surface area contributed by atoms with Crippen LogP contribution in [-0.2, 0) is 24.7 Å². The Morgan fingerprint density at radius 2 is 1.67 bits per heavy atom. The molecule has 0 fully saturated rings. The van der Waals surface area contributed by atoms with E-state index in [2.05, 4.69) is 0 Å². The molecule has 0 aromatic heterocycles. The van der Waals surface area contributed by atoms with Gasteiger partial charge in [-0.05, 0) is 12.3 Å². The van der Waals surface area contributed by atoms with E-state index in [-0.39, 0.29) is 12.3 Å². The van der Waals surface area contributed by atoms with Gasteiger partial charge >= 0.3 is 5.97 Å². The van der Waals surface area contributed by atoms with E-state index >= 15 is 0 Å². The van der Waals surface area contributed by atoms with Gasteiger partial charge in [0, 0.05) is 6.26 Å². The highest BCUT2D eigenvalue weighted by molar-refractivity contribution is 7.93. The Balaban J connectivity index is 4.67. The lowest BCUT2D eigenvalue weighted by molar-refractivity contribution is -0.139. The molecule has 0 aromatic rings. The summed E-state index contributed by atoms with van der Waals surface area (Å²) in [5.74, 6) is -2.43. The first-order valence-corrected chi connectivity index (χ1v) is 9.05. The second-order valence-electron chi connectivity index (χ2n) is 4.59.